The molecule has 0 radical (unpaired) electrons. The average Bonchev–Trinajstić information content (AvgIpc) is 3.17. The Bertz CT molecular complexity index is 720. The topological polar surface area (TPSA) is 55.5 Å². The zero-order valence-electron chi connectivity index (χ0n) is 14.7. The minimum absolute atomic E-state index is 0.0298. The molecule has 0 bridgehead atoms. The van der Waals surface area contributed by atoms with E-state index < -0.39 is 12.7 Å². The number of alkyl halides is 3. The normalized spacial score (nSPS) is 19.2. The van der Waals surface area contributed by atoms with Gasteiger partial charge in [-0.25, -0.2) is 4.99 Å². The summed E-state index contributed by atoms with van der Waals surface area (Å²) in [4.78, 5) is 9.32. The van der Waals surface area contributed by atoms with E-state index in [1.165, 1.54) is 4.90 Å². The fraction of sp³-hybridized carbons (Fsp3) is 0.500. The molecule has 5 nitrogen and oxygen atoms in total. The number of aromatic amines is 1. The molecule has 0 saturated carbocycles. The van der Waals surface area contributed by atoms with Gasteiger partial charge < -0.3 is 15.6 Å². The van der Waals surface area contributed by atoms with Gasteiger partial charge in [0.1, 0.15) is 0 Å². The molecule has 1 saturated heterocycles. The molecule has 26 heavy (non-hydrogen) atoms. The van der Waals surface area contributed by atoms with Crippen LogP contribution in [0, 0.1) is 0 Å². The molecule has 1 atom stereocenters. The van der Waals surface area contributed by atoms with Gasteiger partial charge in [-0.15, -0.1) is 0 Å². The molecule has 0 spiro atoms. The van der Waals surface area contributed by atoms with Crippen LogP contribution in [0.3, 0.4) is 0 Å². The number of likely N-dealkylation sites (tertiary alicyclic amines) is 1. The molecular weight excluding hydrogens is 343 g/mol. The average molecular weight is 367 g/mol. The predicted molar refractivity (Wildman–Crippen MR) is 97.2 cm³/mol. The highest BCUT2D eigenvalue weighted by molar-refractivity contribution is 5.81. The summed E-state index contributed by atoms with van der Waals surface area (Å²) >= 11 is 0. The highest BCUT2D eigenvalue weighted by Gasteiger charge is 2.34. The lowest BCUT2D eigenvalue weighted by Crippen LogP contribution is -2.45. The number of fused-ring (bicyclic) bond motifs is 1. The van der Waals surface area contributed by atoms with Crippen molar-refractivity contribution in [2.45, 2.75) is 32.1 Å². The number of para-hydroxylation sites is 1. The van der Waals surface area contributed by atoms with Crippen LogP contribution in [0.2, 0.25) is 0 Å². The van der Waals surface area contributed by atoms with E-state index in [-0.39, 0.29) is 6.04 Å². The fourth-order valence-electron chi connectivity index (χ4n) is 3.24. The van der Waals surface area contributed by atoms with E-state index in [0.717, 1.165) is 16.6 Å². The number of rotatable bonds is 5. The maximum Gasteiger partial charge on any atom is 0.401 e. The van der Waals surface area contributed by atoms with Gasteiger partial charge in [0.05, 0.1) is 13.1 Å². The summed E-state index contributed by atoms with van der Waals surface area (Å²) in [6.45, 7) is 3.09. The number of aliphatic imine (C=N–C) groups is 1. The molecule has 3 rings (SSSR count). The number of nitrogens with one attached hydrogen (secondary N) is 3. The van der Waals surface area contributed by atoms with Crippen LogP contribution in [0.5, 0.6) is 0 Å². The number of hydrogen-bond acceptors (Lipinski definition) is 2. The van der Waals surface area contributed by atoms with E-state index in [4.69, 9.17) is 0 Å². The van der Waals surface area contributed by atoms with Gasteiger partial charge in [-0.2, -0.15) is 13.2 Å². The van der Waals surface area contributed by atoms with Crippen LogP contribution in [0.15, 0.2) is 35.3 Å². The maximum atomic E-state index is 12.5. The second kappa shape index (κ2) is 7.99. The Morgan fingerprint density at radius 2 is 2.15 bits per heavy atom. The second-order valence-electron chi connectivity index (χ2n) is 6.56. The number of aromatic nitrogens is 1. The molecular formula is C18H24F3N5. The SMILES string of the molecule is CCNC(=NCc1cc2ccccc2[nH]1)NC1CCN(CC(F)(F)F)C1. The van der Waals surface area contributed by atoms with E-state index in [1.807, 2.05) is 31.2 Å². The molecule has 1 fully saturated rings. The van der Waals surface area contributed by atoms with Gasteiger partial charge in [-0.1, -0.05) is 18.2 Å². The highest BCUT2D eigenvalue weighted by atomic mass is 19.4. The standard InChI is InChI=1S/C18H24F3N5/c1-2-22-17(25-14-7-8-26(11-14)12-18(19,20)21)23-10-15-9-13-5-3-4-6-16(13)24-15/h3-6,9,14,24H,2,7-8,10-12H2,1H3,(H2,22,23,25). The zero-order chi connectivity index (χ0) is 18.6. The molecule has 1 aliphatic heterocycles. The summed E-state index contributed by atoms with van der Waals surface area (Å²) in [5.41, 5.74) is 2.06. The van der Waals surface area contributed by atoms with Crippen molar-refractivity contribution in [1.29, 1.82) is 0 Å². The molecule has 0 aliphatic carbocycles. The number of hydrogen-bond donors (Lipinski definition) is 3. The van der Waals surface area contributed by atoms with Gasteiger partial charge in [-0.05, 0) is 30.9 Å². The van der Waals surface area contributed by atoms with Gasteiger partial charge in [0.25, 0.3) is 0 Å². The zero-order valence-corrected chi connectivity index (χ0v) is 14.7. The molecule has 142 valence electrons. The molecule has 8 heteroatoms. The van der Waals surface area contributed by atoms with Gasteiger partial charge in [-0.3, -0.25) is 4.90 Å². The Balaban J connectivity index is 1.59. The quantitative estimate of drug-likeness (QED) is 0.563. The van der Waals surface area contributed by atoms with E-state index >= 15 is 0 Å². The lowest BCUT2D eigenvalue weighted by Gasteiger charge is -2.19. The number of benzene rings is 1. The van der Waals surface area contributed by atoms with Gasteiger partial charge in [0.2, 0.25) is 0 Å². The van der Waals surface area contributed by atoms with E-state index in [9.17, 15) is 13.2 Å². The van der Waals surface area contributed by atoms with Crippen LogP contribution in [0.25, 0.3) is 10.9 Å². The van der Waals surface area contributed by atoms with Crippen LogP contribution >= 0.6 is 0 Å². The molecule has 1 aromatic heterocycles. The van der Waals surface area contributed by atoms with Crippen LogP contribution in [0.1, 0.15) is 19.0 Å². The van der Waals surface area contributed by atoms with E-state index in [0.29, 0.717) is 38.6 Å². The predicted octanol–water partition coefficient (Wildman–Crippen LogP) is 2.86. The number of guanidine groups is 1. The van der Waals surface area contributed by atoms with Crippen molar-refractivity contribution in [3.8, 4) is 0 Å². The summed E-state index contributed by atoms with van der Waals surface area (Å²) < 4.78 is 37.5. The van der Waals surface area contributed by atoms with Crippen molar-refractivity contribution < 1.29 is 13.2 Å². The summed E-state index contributed by atoms with van der Waals surface area (Å²) in [6, 6.07) is 10.0. The highest BCUT2D eigenvalue weighted by Crippen LogP contribution is 2.20. The largest absolute Gasteiger partial charge is 0.401 e. The molecule has 3 N–H and O–H groups in total. The maximum absolute atomic E-state index is 12.5. The van der Waals surface area contributed by atoms with Gasteiger partial charge in [0, 0.05) is 36.9 Å². The Morgan fingerprint density at radius 1 is 1.35 bits per heavy atom. The summed E-state index contributed by atoms with van der Waals surface area (Å²) in [7, 11) is 0. The third-order valence-corrected chi connectivity index (χ3v) is 4.35. The van der Waals surface area contributed by atoms with Crippen molar-refractivity contribution in [1.82, 2.24) is 20.5 Å². The summed E-state index contributed by atoms with van der Waals surface area (Å²) in [6.07, 6.45) is -3.48. The second-order valence-corrected chi connectivity index (χ2v) is 6.56. The molecule has 2 aromatic rings. The van der Waals surface area contributed by atoms with Crippen molar-refractivity contribution in [3.05, 3.63) is 36.0 Å². The minimum atomic E-state index is -4.15. The molecule has 1 aliphatic rings. The smallest absolute Gasteiger partial charge is 0.357 e. The third-order valence-electron chi connectivity index (χ3n) is 4.35. The number of H-pyrrole nitrogens is 1. The van der Waals surface area contributed by atoms with Crippen molar-refractivity contribution in [2.24, 2.45) is 4.99 Å². The van der Waals surface area contributed by atoms with Crippen LogP contribution in [0.4, 0.5) is 13.2 Å². The third kappa shape index (κ3) is 5.14. The molecule has 2 heterocycles. The Hall–Kier alpha value is -2.22. The molecule has 0 amide bonds. The molecule has 1 aromatic carbocycles. The van der Waals surface area contributed by atoms with Crippen LogP contribution in [-0.2, 0) is 6.54 Å². The lowest BCUT2D eigenvalue weighted by molar-refractivity contribution is -0.143. The van der Waals surface area contributed by atoms with Gasteiger partial charge in [0.15, 0.2) is 5.96 Å². The van der Waals surface area contributed by atoms with E-state index in [2.05, 4.69) is 26.7 Å². The first-order valence-electron chi connectivity index (χ1n) is 8.83. The minimum Gasteiger partial charge on any atom is -0.357 e. The lowest BCUT2D eigenvalue weighted by atomic mass is 10.2. The summed E-state index contributed by atoms with van der Waals surface area (Å²) in [5.74, 6) is 0.630. The monoisotopic (exact) mass is 367 g/mol. The first kappa shape index (κ1) is 18.6. The summed E-state index contributed by atoms with van der Waals surface area (Å²) in [5, 5.41) is 7.55. The van der Waals surface area contributed by atoms with Crippen LogP contribution < -0.4 is 10.6 Å². The van der Waals surface area contributed by atoms with Crippen molar-refractivity contribution in [2.75, 3.05) is 26.2 Å². The molecule has 1 unspecified atom stereocenters. The Morgan fingerprint density at radius 3 is 2.88 bits per heavy atom. The Kier molecular flexibility index (Phi) is 5.70. The number of nitrogens with zero attached hydrogens (tertiary/aromatic N) is 2. The number of halogens is 3. The Labute approximate surface area is 150 Å². The fourth-order valence-corrected chi connectivity index (χ4v) is 3.24. The van der Waals surface area contributed by atoms with Gasteiger partial charge >= 0.3 is 6.18 Å². The van der Waals surface area contributed by atoms with E-state index in [1.54, 1.807) is 0 Å². The van der Waals surface area contributed by atoms with Crippen LogP contribution in [-0.4, -0.2) is 54.2 Å². The first-order chi connectivity index (χ1) is 12.4. The first-order valence-corrected chi connectivity index (χ1v) is 8.83. The van der Waals surface area contributed by atoms with Crippen molar-refractivity contribution in [3.63, 3.8) is 0 Å². The van der Waals surface area contributed by atoms with Crippen molar-refractivity contribution >= 4 is 16.9 Å².